The molecular formula is C42H56N7O10P. The van der Waals surface area contributed by atoms with Crippen LogP contribution in [0.15, 0.2) is 67.0 Å². The molecule has 0 amide bonds. The molecule has 6 N–H and O–H groups in total. The van der Waals surface area contributed by atoms with Gasteiger partial charge in [0.25, 0.3) is 0 Å². The highest BCUT2D eigenvalue weighted by Gasteiger charge is 2.54. The number of nitrogen functional groups attached to an aromatic ring is 1. The summed E-state index contributed by atoms with van der Waals surface area (Å²) in [6.45, 7) is 0.810. The van der Waals surface area contributed by atoms with E-state index in [9.17, 15) is 19.8 Å². The van der Waals surface area contributed by atoms with Gasteiger partial charge in [0.2, 0.25) is 11.8 Å². The Labute approximate surface area is 349 Å². The lowest BCUT2D eigenvalue weighted by Crippen LogP contribution is -2.48. The third-order valence-electron chi connectivity index (χ3n) is 11.5. The molecule has 0 spiro atoms. The van der Waals surface area contributed by atoms with Crippen LogP contribution >= 0.6 is 7.67 Å². The van der Waals surface area contributed by atoms with Crippen LogP contribution in [0.3, 0.4) is 0 Å². The number of aliphatic hydroxyl groups excluding tert-OH is 1. The summed E-state index contributed by atoms with van der Waals surface area (Å²) in [6.07, 6.45) is 5.48. The van der Waals surface area contributed by atoms with Crippen LogP contribution in [0.2, 0.25) is 0 Å². The molecule has 2 aromatic carbocycles. The molecule has 0 unspecified atom stereocenters. The molecule has 324 valence electrons. The zero-order valence-electron chi connectivity index (χ0n) is 34.1. The van der Waals surface area contributed by atoms with Crippen molar-refractivity contribution in [3.63, 3.8) is 0 Å². The molecule has 2 saturated carbocycles. The van der Waals surface area contributed by atoms with Crippen molar-refractivity contribution in [1.29, 1.82) is 0 Å². The van der Waals surface area contributed by atoms with Gasteiger partial charge >= 0.3 is 19.6 Å². The van der Waals surface area contributed by atoms with Crippen LogP contribution in [0.5, 0.6) is 5.88 Å². The Morgan fingerprint density at radius 1 is 0.883 bits per heavy atom. The minimum absolute atomic E-state index is 0.0821. The van der Waals surface area contributed by atoms with Gasteiger partial charge in [0.1, 0.15) is 42.1 Å². The summed E-state index contributed by atoms with van der Waals surface area (Å²) in [7, 11) is -3.12. The summed E-state index contributed by atoms with van der Waals surface area (Å²) in [4.78, 5) is 40.9. The summed E-state index contributed by atoms with van der Waals surface area (Å²) in [5, 5.41) is 29.2. The number of carbonyl (C=O) groups excluding carboxylic acids is 2. The Bertz CT molecular complexity index is 2010. The highest BCUT2D eigenvalue weighted by atomic mass is 31.2. The lowest BCUT2D eigenvalue weighted by molar-refractivity contribution is -0.153. The third-order valence-corrected chi connectivity index (χ3v) is 13.3. The fraction of sp³-hybridized carbons (Fsp3) is 0.548. The van der Waals surface area contributed by atoms with Crippen molar-refractivity contribution in [2.24, 2.45) is 0 Å². The molecule has 18 heteroatoms. The first kappa shape index (κ1) is 43.6. The largest absolute Gasteiger partial charge is 0.479 e. The van der Waals surface area contributed by atoms with Crippen molar-refractivity contribution >= 4 is 36.7 Å². The zero-order chi connectivity index (χ0) is 42.3. The molecule has 3 fully saturated rings. The first-order valence-corrected chi connectivity index (χ1v) is 22.4. The van der Waals surface area contributed by atoms with Crippen LogP contribution in [0, 0.1) is 0 Å². The fourth-order valence-electron chi connectivity index (χ4n) is 8.22. The Balaban J connectivity index is 1.19. The van der Waals surface area contributed by atoms with Crippen molar-refractivity contribution in [1.82, 2.24) is 29.7 Å². The number of rotatable bonds is 17. The van der Waals surface area contributed by atoms with Gasteiger partial charge in [-0.2, -0.15) is 9.97 Å². The highest BCUT2D eigenvalue weighted by Crippen LogP contribution is 2.45. The maximum Gasteiger partial charge on any atom is 0.342 e. The SMILES string of the molecule is COc1nc(N)nc2c1ncn2[C@@H]1O[C@H](COP(=O)(N[C@@H](Cc2ccccc2)C(=O)OC2CCCCC2)N[C@@H](Cc2ccccc2)C(=O)OC2CCCCC2)[C@@H](O)[C@@]1(C)O. The van der Waals surface area contributed by atoms with Crippen molar-refractivity contribution in [2.75, 3.05) is 19.5 Å². The van der Waals surface area contributed by atoms with E-state index in [0.717, 1.165) is 75.3 Å². The van der Waals surface area contributed by atoms with Gasteiger partial charge in [-0.1, -0.05) is 73.5 Å². The standard InChI is InChI=1S/C42H56N7O10P/c1-42(53)35(50)33(59-40(42)49-26-44-34-36(49)45-41(43)46-37(34)55-2)25-56-60(54,47-31(23-27-15-7-3-8-16-27)38(51)57-29-19-11-5-12-20-29)48-32(24-28-17-9-4-10-18-28)39(52)58-30-21-13-6-14-22-30/h3-4,7-10,15-18,26,29-33,35,40,50,53H,5-6,11-14,19-25H2,1-2H3,(H2,43,45,46)(H2,47,48,54)/t31-,32-,33+,35+,40+,42+/m0/s1. The lowest BCUT2D eigenvalue weighted by atomic mass is 9.96. The number of methoxy groups -OCH3 is 1. The normalized spacial score (nSPS) is 23.9. The second-order valence-corrected chi connectivity index (χ2v) is 18.0. The number of nitrogens with one attached hydrogen (secondary N) is 2. The molecule has 3 heterocycles. The minimum atomic E-state index is -4.52. The Kier molecular flexibility index (Phi) is 14.2. The molecule has 1 aliphatic heterocycles. The number of nitrogens with two attached hydrogens (primary N) is 1. The zero-order valence-corrected chi connectivity index (χ0v) is 35.0. The van der Waals surface area contributed by atoms with Crippen LogP contribution in [-0.2, 0) is 45.7 Å². The van der Waals surface area contributed by atoms with Crippen molar-refractivity contribution in [2.45, 2.75) is 132 Å². The Morgan fingerprint density at radius 3 is 1.90 bits per heavy atom. The number of hydrogen-bond acceptors (Lipinski definition) is 14. The highest BCUT2D eigenvalue weighted by molar-refractivity contribution is 7.54. The molecule has 60 heavy (non-hydrogen) atoms. The quantitative estimate of drug-likeness (QED) is 0.0716. The number of aromatic nitrogens is 4. The molecule has 0 bridgehead atoms. The Morgan fingerprint density at radius 2 is 1.40 bits per heavy atom. The number of nitrogens with zero attached hydrogens (tertiary/aromatic N) is 4. The molecule has 1 saturated heterocycles. The average Bonchev–Trinajstić information content (AvgIpc) is 3.76. The van der Waals surface area contributed by atoms with Gasteiger partial charge in [0, 0.05) is 0 Å². The van der Waals surface area contributed by atoms with Crippen molar-refractivity contribution < 1.29 is 47.8 Å². The number of imidazole rings is 1. The molecule has 3 aliphatic rings. The van der Waals surface area contributed by atoms with Crippen LogP contribution < -0.4 is 20.6 Å². The monoisotopic (exact) mass is 849 g/mol. The van der Waals surface area contributed by atoms with Gasteiger partial charge in [-0.05, 0) is 82.3 Å². The minimum Gasteiger partial charge on any atom is -0.479 e. The third kappa shape index (κ3) is 10.5. The number of carbonyl (C=O) groups is 2. The smallest absolute Gasteiger partial charge is 0.342 e. The molecule has 0 radical (unpaired) electrons. The first-order valence-electron chi connectivity index (χ1n) is 20.8. The number of esters is 2. The van der Waals surface area contributed by atoms with E-state index in [-0.39, 0.29) is 48.0 Å². The van der Waals surface area contributed by atoms with Gasteiger partial charge < -0.3 is 39.4 Å². The summed E-state index contributed by atoms with van der Waals surface area (Å²) in [6, 6.07) is 16.1. The van der Waals surface area contributed by atoms with Gasteiger partial charge in [0.05, 0.1) is 20.0 Å². The van der Waals surface area contributed by atoms with Crippen LogP contribution in [-0.4, -0.2) is 97.5 Å². The number of aliphatic hydroxyl groups is 2. The first-order chi connectivity index (χ1) is 28.9. The summed E-state index contributed by atoms with van der Waals surface area (Å²) >= 11 is 0. The molecule has 7 rings (SSSR count). The van der Waals surface area contributed by atoms with E-state index in [2.05, 4.69) is 25.1 Å². The lowest BCUT2D eigenvalue weighted by Gasteiger charge is -2.31. The van der Waals surface area contributed by atoms with E-state index in [1.54, 1.807) is 0 Å². The van der Waals surface area contributed by atoms with E-state index in [1.165, 1.54) is 24.9 Å². The predicted octanol–water partition coefficient (Wildman–Crippen LogP) is 4.70. The maximum atomic E-state index is 15.5. The van der Waals surface area contributed by atoms with E-state index in [4.69, 9.17) is 29.2 Å². The molecule has 2 aromatic heterocycles. The van der Waals surface area contributed by atoms with E-state index in [0.29, 0.717) is 0 Å². The molecule has 17 nitrogen and oxygen atoms in total. The van der Waals surface area contributed by atoms with Crippen LogP contribution in [0.4, 0.5) is 5.95 Å². The Hall–Kier alpha value is -4.48. The van der Waals surface area contributed by atoms with Crippen molar-refractivity contribution in [3.8, 4) is 5.88 Å². The number of fused-ring (bicyclic) bond motifs is 1. The molecular weight excluding hydrogens is 793 g/mol. The molecule has 4 aromatic rings. The topological polar surface area (TPSA) is 231 Å². The van der Waals surface area contributed by atoms with Gasteiger partial charge in [-0.25, -0.2) is 15.2 Å². The number of benzene rings is 2. The summed E-state index contributed by atoms with van der Waals surface area (Å²) in [5.74, 6) is -1.25. The molecule has 2 aliphatic carbocycles. The number of anilines is 1. The van der Waals surface area contributed by atoms with Gasteiger partial charge in [-0.15, -0.1) is 0 Å². The fourth-order valence-corrected chi connectivity index (χ4v) is 10.0. The van der Waals surface area contributed by atoms with Crippen LogP contribution in [0.1, 0.15) is 88.5 Å². The summed E-state index contributed by atoms with van der Waals surface area (Å²) in [5.41, 5.74) is 5.93. The van der Waals surface area contributed by atoms with E-state index in [1.807, 2.05) is 60.7 Å². The maximum absolute atomic E-state index is 15.5. The van der Waals surface area contributed by atoms with Crippen LogP contribution in [0.25, 0.3) is 11.2 Å². The number of ether oxygens (including phenoxy) is 4. The number of hydrogen-bond donors (Lipinski definition) is 5. The van der Waals surface area contributed by atoms with Gasteiger partial charge in [0.15, 0.2) is 17.4 Å². The van der Waals surface area contributed by atoms with Gasteiger partial charge in [-0.3, -0.25) is 18.7 Å². The summed E-state index contributed by atoms with van der Waals surface area (Å²) < 4.78 is 46.7. The predicted molar refractivity (Wildman–Crippen MR) is 220 cm³/mol. The average molecular weight is 850 g/mol. The molecule has 6 atom stereocenters. The van der Waals surface area contributed by atoms with E-state index < -0.39 is 62.3 Å². The second kappa shape index (κ2) is 19.5. The van der Waals surface area contributed by atoms with E-state index >= 15 is 4.57 Å². The van der Waals surface area contributed by atoms with Crippen molar-refractivity contribution in [3.05, 3.63) is 78.1 Å². The second-order valence-electron chi connectivity index (χ2n) is 16.1.